The van der Waals surface area contributed by atoms with Crippen LogP contribution >= 0.6 is 0 Å². The highest BCUT2D eigenvalue weighted by Crippen LogP contribution is 2.09. The Balaban J connectivity index is 4.38. The third-order valence-corrected chi connectivity index (χ3v) is 2.62. The number of carbonyl (C=O) groups is 3. The van der Waals surface area contributed by atoms with Crippen molar-refractivity contribution < 1.29 is 29.0 Å². The summed E-state index contributed by atoms with van der Waals surface area (Å²) >= 11 is 0. The summed E-state index contributed by atoms with van der Waals surface area (Å²) in [5, 5.41) is 17.6. The molecular formula is C12H18N2O6. The van der Waals surface area contributed by atoms with Gasteiger partial charge in [0.1, 0.15) is 13.2 Å². The van der Waals surface area contributed by atoms with Crippen molar-refractivity contribution in [2.45, 2.75) is 12.8 Å². The summed E-state index contributed by atoms with van der Waals surface area (Å²) in [6.45, 7) is 1.72. The summed E-state index contributed by atoms with van der Waals surface area (Å²) in [6, 6.07) is 1.91. The highest BCUT2D eigenvalue weighted by atomic mass is 16.5. The lowest BCUT2D eigenvalue weighted by Crippen LogP contribution is -2.37. The normalized spacial score (nSPS) is 11.4. The van der Waals surface area contributed by atoms with Gasteiger partial charge in [-0.3, -0.25) is 19.3 Å². The van der Waals surface area contributed by atoms with E-state index in [2.05, 4.69) is 9.47 Å². The number of nitriles is 1. The van der Waals surface area contributed by atoms with Crippen LogP contribution in [-0.4, -0.2) is 61.8 Å². The predicted molar refractivity (Wildman–Crippen MR) is 66.4 cm³/mol. The van der Waals surface area contributed by atoms with Gasteiger partial charge in [-0.25, -0.2) is 0 Å². The molecule has 0 heterocycles. The first kappa shape index (κ1) is 17.9. The summed E-state index contributed by atoms with van der Waals surface area (Å²) in [7, 11) is 0. The van der Waals surface area contributed by atoms with Gasteiger partial charge in [0.25, 0.3) is 12.9 Å². The summed E-state index contributed by atoms with van der Waals surface area (Å²) in [5.41, 5.74) is 0. The lowest BCUT2D eigenvalue weighted by Gasteiger charge is -2.24. The maximum atomic E-state index is 11.1. The topological polar surface area (TPSA) is 117 Å². The number of nitrogens with zero attached hydrogens (tertiary/aromatic N) is 2. The van der Waals surface area contributed by atoms with Crippen molar-refractivity contribution in [2.75, 3.05) is 32.8 Å². The van der Waals surface area contributed by atoms with E-state index in [-0.39, 0.29) is 32.6 Å². The number of hydrogen-bond donors (Lipinski definition) is 1. The molecule has 0 fully saturated rings. The highest BCUT2D eigenvalue weighted by molar-refractivity contribution is 5.70. The van der Waals surface area contributed by atoms with Gasteiger partial charge in [0, 0.05) is 26.1 Å². The average molecular weight is 286 g/mol. The van der Waals surface area contributed by atoms with Gasteiger partial charge in [-0.05, 0) is 6.42 Å². The van der Waals surface area contributed by atoms with E-state index in [4.69, 9.17) is 10.4 Å². The van der Waals surface area contributed by atoms with Crippen molar-refractivity contribution in [2.24, 2.45) is 5.92 Å². The third kappa shape index (κ3) is 8.88. The third-order valence-electron chi connectivity index (χ3n) is 2.62. The number of carboxylic acid groups (broad SMARTS) is 1. The first-order chi connectivity index (χ1) is 9.65. The summed E-state index contributed by atoms with van der Waals surface area (Å²) in [4.78, 5) is 33.0. The molecule has 0 aromatic carbocycles. The molecule has 112 valence electrons. The number of carboxylic acids is 1. The Labute approximate surface area is 116 Å². The largest absolute Gasteiger partial charge is 0.481 e. The Hall–Kier alpha value is -2.14. The van der Waals surface area contributed by atoms with Crippen LogP contribution in [0.2, 0.25) is 0 Å². The Morgan fingerprint density at radius 1 is 1.25 bits per heavy atom. The molecule has 8 nitrogen and oxygen atoms in total. The number of carbonyl (C=O) groups excluding carboxylic acids is 2. The molecule has 0 aromatic rings. The van der Waals surface area contributed by atoms with E-state index in [9.17, 15) is 14.4 Å². The van der Waals surface area contributed by atoms with Crippen molar-refractivity contribution >= 4 is 18.9 Å². The summed E-state index contributed by atoms with van der Waals surface area (Å²) < 4.78 is 9.12. The molecule has 0 aliphatic rings. The van der Waals surface area contributed by atoms with Gasteiger partial charge in [0.2, 0.25) is 0 Å². The molecule has 0 radical (unpaired) electrons. The molecule has 1 atom stereocenters. The van der Waals surface area contributed by atoms with E-state index in [1.54, 1.807) is 4.90 Å². The van der Waals surface area contributed by atoms with Gasteiger partial charge in [0.15, 0.2) is 0 Å². The average Bonchev–Trinajstić information content (AvgIpc) is 2.42. The predicted octanol–water partition coefficient (Wildman–Crippen LogP) is -0.361. The second kappa shape index (κ2) is 11.9. The zero-order chi connectivity index (χ0) is 15.2. The molecule has 8 heteroatoms. The molecule has 1 unspecified atom stereocenters. The van der Waals surface area contributed by atoms with E-state index < -0.39 is 11.9 Å². The van der Waals surface area contributed by atoms with Crippen molar-refractivity contribution in [1.29, 1.82) is 5.26 Å². The molecule has 20 heavy (non-hydrogen) atoms. The van der Waals surface area contributed by atoms with Crippen LogP contribution in [0.1, 0.15) is 12.8 Å². The smallest absolute Gasteiger partial charge is 0.307 e. The fourth-order valence-electron chi connectivity index (χ4n) is 1.60. The SMILES string of the molecule is N#CCCC(CN(CCOC=O)CCOC=O)C(=O)O. The molecule has 0 saturated heterocycles. The fraction of sp³-hybridized carbons (Fsp3) is 0.667. The fourth-order valence-corrected chi connectivity index (χ4v) is 1.60. The van der Waals surface area contributed by atoms with Crippen molar-refractivity contribution in [3.05, 3.63) is 0 Å². The number of rotatable bonds is 13. The minimum atomic E-state index is -0.988. The van der Waals surface area contributed by atoms with E-state index in [0.717, 1.165) is 0 Å². The van der Waals surface area contributed by atoms with Crippen LogP contribution in [0.15, 0.2) is 0 Å². The van der Waals surface area contributed by atoms with Gasteiger partial charge < -0.3 is 14.6 Å². The minimum Gasteiger partial charge on any atom is -0.481 e. The number of hydrogen-bond acceptors (Lipinski definition) is 7. The maximum Gasteiger partial charge on any atom is 0.307 e. The minimum absolute atomic E-state index is 0.120. The van der Waals surface area contributed by atoms with E-state index in [1.165, 1.54) is 0 Å². The summed E-state index contributed by atoms with van der Waals surface area (Å²) in [5.74, 6) is -1.68. The summed E-state index contributed by atoms with van der Waals surface area (Å²) in [6.07, 6.45) is 0.395. The molecule has 0 bridgehead atoms. The lowest BCUT2D eigenvalue weighted by atomic mass is 10.0. The first-order valence-electron chi connectivity index (χ1n) is 6.08. The lowest BCUT2D eigenvalue weighted by molar-refractivity contribution is -0.143. The standard InChI is InChI=1S/C12H18N2O6/c13-3-1-2-11(12(17)18)8-14(4-6-19-9-15)5-7-20-10-16/h9-11H,1-2,4-8H2,(H,17,18). The van der Waals surface area contributed by atoms with Crippen LogP contribution < -0.4 is 0 Å². The molecule has 0 aromatic heterocycles. The molecule has 0 saturated carbocycles. The molecule has 0 amide bonds. The van der Waals surface area contributed by atoms with Gasteiger partial charge in [-0.15, -0.1) is 0 Å². The van der Waals surface area contributed by atoms with Crippen LogP contribution in [0.4, 0.5) is 0 Å². The molecule has 0 spiro atoms. The van der Waals surface area contributed by atoms with Crippen molar-refractivity contribution in [3.8, 4) is 6.07 Å². The van der Waals surface area contributed by atoms with Gasteiger partial charge in [0.05, 0.1) is 12.0 Å². The second-order valence-corrected chi connectivity index (χ2v) is 3.97. The Morgan fingerprint density at radius 2 is 1.80 bits per heavy atom. The van der Waals surface area contributed by atoms with Gasteiger partial charge >= 0.3 is 5.97 Å². The van der Waals surface area contributed by atoms with Crippen molar-refractivity contribution in [1.82, 2.24) is 4.90 Å². The Bertz CT molecular complexity index is 327. The highest BCUT2D eigenvalue weighted by Gasteiger charge is 2.20. The quantitative estimate of drug-likeness (QED) is 0.360. The molecule has 0 rings (SSSR count). The van der Waals surface area contributed by atoms with Gasteiger partial charge in [-0.1, -0.05) is 0 Å². The first-order valence-corrected chi connectivity index (χ1v) is 6.08. The number of ether oxygens (including phenoxy) is 2. The van der Waals surface area contributed by atoms with Crippen LogP contribution in [0.5, 0.6) is 0 Å². The molecule has 1 N–H and O–H groups in total. The maximum absolute atomic E-state index is 11.1. The zero-order valence-corrected chi connectivity index (χ0v) is 11.1. The molecule has 0 aliphatic heterocycles. The van der Waals surface area contributed by atoms with Crippen LogP contribution in [0, 0.1) is 17.2 Å². The van der Waals surface area contributed by atoms with Gasteiger partial charge in [-0.2, -0.15) is 5.26 Å². The second-order valence-electron chi connectivity index (χ2n) is 3.97. The molecule has 0 aliphatic carbocycles. The number of aliphatic carboxylic acids is 1. The van der Waals surface area contributed by atoms with E-state index in [1.807, 2.05) is 6.07 Å². The van der Waals surface area contributed by atoms with Crippen molar-refractivity contribution in [3.63, 3.8) is 0 Å². The zero-order valence-electron chi connectivity index (χ0n) is 11.1. The monoisotopic (exact) mass is 286 g/mol. The van der Waals surface area contributed by atoms with Crippen LogP contribution in [0.3, 0.4) is 0 Å². The molecular weight excluding hydrogens is 268 g/mol. The Kier molecular flexibility index (Phi) is 10.6. The van der Waals surface area contributed by atoms with E-state index in [0.29, 0.717) is 26.0 Å². The van der Waals surface area contributed by atoms with Crippen LogP contribution in [0.25, 0.3) is 0 Å². The van der Waals surface area contributed by atoms with Crippen LogP contribution in [-0.2, 0) is 23.9 Å². The van der Waals surface area contributed by atoms with E-state index >= 15 is 0 Å². The Morgan fingerprint density at radius 3 is 2.20 bits per heavy atom.